The third-order valence-electron chi connectivity index (χ3n) is 4.35. The minimum Gasteiger partial charge on any atom is -0.493 e. The van der Waals surface area contributed by atoms with Crippen LogP contribution in [0.4, 0.5) is 4.79 Å². The number of methoxy groups -OCH3 is 1. The topological polar surface area (TPSA) is 60.0 Å². The highest BCUT2D eigenvalue weighted by Gasteiger charge is 2.24. The molecule has 0 spiro atoms. The first kappa shape index (κ1) is 20.9. The second kappa shape index (κ2) is 10.0. The highest BCUT2D eigenvalue weighted by molar-refractivity contribution is 5.85. The minimum absolute atomic E-state index is 0. The summed E-state index contributed by atoms with van der Waals surface area (Å²) in [5.74, 6) is 2.11. The van der Waals surface area contributed by atoms with E-state index in [2.05, 4.69) is 5.32 Å². The van der Waals surface area contributed by atoms with E-state index in [9.17, 15) is 4.79 Å². The number of urea groups is 1. The molecule has 0 saturated carbocycles. The highest BCUT2D eigenvalue weighted by atomic mass is 35.5. The van der Waals surface area contributed by atoms with Crippen LogP contribution in [0.5, 0.6) is 17.2 Å². The summed E-state index contributed by atoms with van der Waals surface area (Å²) >= 11 is 0. The molecule has 1 N–H and O–H groups in total. The first-order valence-corrected chi connectivity index (χ1v) is 8.68. The van der Waals surface area contributed by atoms with Crippen molar-refractivity contribution in [3.63, 3.8) is 0 Å². The van der Waals surface area contributed by atoms with Gasteiger partial charge >= 0.3 is 6.03 Å². The second-order valence-electron chi connectivity index (χ2n) is 6.06. The van der Waals surface area contributed by atoms with E-state index in [1.165, 1.54) is 0 Å². The number of para-hydroxylation sites is 3. The second-order valence-corrected chi connectivity index (χ2v) is 6.06. The molecule has 1 saturated heterocycles. The van der Waals surface area contributed by atoms with E-state index in [0.717, 1.165) is 11.3 Å². The van der Waals surface area contributed by atoms with Gasteiger partial charge in [-0.15, -0.1) is 12.4 Å². The Bertz CT molecular complexity index is 756. The van der Waals surface area contributed by atoms with E-state index < -0.39 is 0 Å². The Balaban J connectivity index is 0.00000261. The van der Waals surface area contributed by atoms with Crippen LogP contribution in [0.1, 0.15) is 5.56 Å². The Morgan fingerprint density at radius 2 is 1.81 bits per heavy atom. The third kappa shape index (κ3) is 5.28. The summed E-state index contributed by atoms with van der Waals surface area (Å²) in [4.78, 5) is 13.6. The third-order valence-corrected chi connectivity index (χ3v) is 4.35. The van der Waals surface area contributed by atoms with Gasteiger partial charge in [0.2, 0.25) is 0 Å². The van der Waals surface area contributed by atoms with Gasteiger partial charge in [0.05, 0.1) is 19.8 Å². The maximum atomic E-state index is 11.9. The van der Waals surface area contributed by atoms with E-state index in [-0.39, 0.29) is 24.5 Å². The molecule has 2 aromatic carbocycles. The lowest BCUT2D eigenvalue weighted by molar-refractivity contribution is -0.0132. The van der Waals surface area contributed by atoms with Gasteiger partial charge in [0.25, 0.3) is 0 Å². The minimum atomic E-state index is -0.0724. The fourth-order valence-electron chi connectivity index (χ4n) is 3.02. The van der Waals surface area contributed by atoms with Crippen LogP contribution < -0.4 is 14.8 Å². The number of morpholine rings is 1. The van der Waals surface area contributed by atoms with Crippen LogP contribution in [0, 0.1) is 0 Å². The molecule has 1 unspecified atom stereocenters. The lowest BCUT2D eigenvalue weighted by atomic mass is 10.1. The first-order valence-electron chi connectivity index (χ1n) is 8.68. The van der Waals surface area contributed by atoms with Crippen molar-refractivity contribution in [1.82, 2.24) is 10.2 Å². The lowest BCUT2D eigenvalue weighted by Gasteiger charge is -2.33. The number of amides is 2. The zero-order chi connectivity index (χ0) is 18.4. The molecule has 3 rings (SSSR count). The van der Waals surface area contributed by atoms with Crippen molar-refractivity contribution >= 4 is 18.4 Å². The van der Waals surface area contributed by atoms with Crippen LogP contribution in [0.3, 0.4) is 0 Å². The number of ether oxygens (including phenoxy) is 3. The summed E-state index contributed by atoms with van der Waals surface area (Å²) in [6.45, 7) is 1.70. The zero-order valence-corrected chi connectivity index (χ0v) is 16.3. The van der Waals surface area contributed by atoms with Crippen molar-refractivity contribution < 1.29 is 19.0 Å². The number of carbonyl (C=O) groups excluding carboxylic acids is 1. The van der Waals surface area contributed by atoms with Crippen LogP contribution in [-0.2, 0) is 11.2 Å². The molecule has 0 aromatic heterocycles. The number of nitrogens with zero attached hydrogens (tertiary/aromatic N) is 1. The zero-order valence-electron chi connectivity index (χ0n) is 15.5. The number of halogens is 1. The first-order chi connectivity index (χ1) is 12.7. The molecule has 2 aromatic rings. The molecule has 6 nitrogen and oxygen atoms in total. The van der Waals surface area contributed by atoms with Gasteiger partial charge in [-0.25, -0.2) is 4.79 Å². The summed E-state index contributed by atoms with van der Waals surface area (Å²) in [7, 11) is 3.26. The molecule has 1 heterocycles. The summed E-state index contributed by atoms with van der Waals surface area (Å²) in [5.41, 5.74) is 1.03. The van der Waals surface area contributed by atoms with Gasteiger partial charge in [-0.3, -0.25) is 0 Å². The average Bonchev–Trinajstić information content (AvgIpc) is 2.69. The Hall–Kier alpha value is -2.44. The molecule has 1 aliphatic heterocycles. The monoisotopic (exact) mass is 392 g/mol. The highest BCUT2D eigenvalue weighted by Crippen LogP contribution is 2.33. The van der Waals surface area contributed by atoms with Crippen LogP contribution >= 0.6 is 12.4 Å². The van der Waals surface area contributed by atoms with Gasteiger partial charge in [0.15, 0.2) is 11.5 Å². The van der Waals surface area contributed by atoms with E-state index in [4.69, 9.17) is 14.2 Å². The molecule has 2 amide bonds. The van der Waals surface area contributed by atoms with Crippen LogP contribution in [-0.4, -0.2) is 50.9 Å². The number of hydrogen-bond acceptors (Lipinski definition) is 4. The summed E-state index contributed by atoms with van der Waals surface area (Å²) < 4.78 is 17.3. The molecule has 0 radical (unpaired) electrons. The molecule has 0 aliphatic carbocycles. The molecule has 1 aliphatic rings. The molecule has 146 valence electrons. The predicted octanol–water partition coefficient (Wildman–Crippen LogP) is 3.49. The Kier molecular flexibility index (Phi) is 7.76. The fourth-order valence-corrected chi connectivity index (χ4v) is 3.02. The Labute approximate surface area is 165 Å². The largest absolute Gasteiger partial charge is 0.493 e. The van der Waals surface area contributed by atoms with Gasteiger partial charge in [0, 0.05) is 26.6 Å². The van der Waals surface area contributed by atoms with Crippen molar-refractivity contribution in [2.24, 2.45) is 0 Å². The van der Waals surface area contributed by atoms with E-state index in [1.807, 2.05) is 48.5 Å². The average molecular weight is 393 g/mol. The van der Waals surface area contributed by atoms with Gasteiger partial charge < -0.3 is 24.4 Å². The maximum Gasteiger partial charge on any atom is 0.317 e. The number of hydrogen-bond donors (Lipinski definition) is 1. The van der Waals surface area contributed by atoms with Crippen molar-refractivity contribution in [2.45, 2.75) is 12.5 Å². The van der Waals surface area contributed by atoms with Gasteiger partial charge in [0.1, 0.15) is 5.75 Å². The van der Waals surface area contributed by atoms with Crippen LogP contribution in [0.15, 0.2) is 48.5 Å². The number of carbonyl (C=O) groups is 1. The van der Waals surface area contributed by atoms with E-state index in [0.29, 0.717) is 37.6 Å². The summed E-state index contributed by atoms with van der Waals surface area (Å²) in [6, 6.07) is 15.3. The quantitative estimate of drug-likeness (QED) is 0.846. The number of rotatable bonds is 5. The molecular weight excluding hydrogens is 368 g/mol. The van der Waals surface area contributed by atoms with Crippen LogP contribution in [0.2, 0.25) is 0 Å². The maximum absolute atomic E-state index is 11.9. The smallest absolute Gasteiger partial charge is 0.317 e. The predicted molar refractivity (Wildman–Crippen MR) is 106 cm³/mol. The van der Waals surface area contributed by atoms with E-state index in [1.54, 1.807) is 19.1 Å². The lowest BCUT2D eigenvalue weighted by Crippen LogP contribution is -2.49. The van der Waals surface area contributed by atoms with Crippen molar-refractivity contribution in [1.29, 1.82) is 0 Å². The van der Waals surface area contributed by atoms with Gasteiger partial charge in [-0.2, -0.15) is 0 Å². The van der Waals surface area contributed by atoms with Crippen molar-refractivity contribution in [3.05, 3.63) is 54.1 Å². The van der Waals surface area contributed by atoms with Gasteiger partial charge in [-0.05, 0) is 23.8 Å². The number of nitrogens with one attached hydrogen (secondary N) is 1. The SMILES string of the molecule is CNC(=O)N1CCOC(Cc2ccccc2Oc2ccccc2OC)C1.Cl. The Morgan fingerprint density at radius 3 is 2.52 bits per heavy atom. The standard InChI is InChI=1S/C20H24N2O4.ClH/c1-21-20(23)22-11-12-25-16(14-22)13-15-7-3-4-8-17(15)26-19-10-6-5-9-18(19)24-2;/h3-10,16H,11-14H2,1-2H3,(H,21,23);1H. The molecular formula is C20H25ClN2O4. The molecule has 1 atom stereocenters. The van der Waals surface area contributed by atoms with Crippen molar-refractivity contribution in [2.75, 3.05) is 33.9 Å². The van der Waals surface area contributed by atoms with Crippen LogP contribution in [0.25, 0.3) is 0 Å². The van der Waals surface area contributed by atoms with E-state index >= 15 is 0 Å². The van der Waals surface area contributed by atoms with Crippen molar-refractivity contribution in [3.8, 4) is 17.2 Å². The summed E-state index contributed by atoms with van der Waals surface area (Å²) in [5, 5.41) is 2.67. The Morgan fingerprint density at radius 1 is 1.15 bits per heavy atom. The summed E-state index contributed by atoms with van der Waals surface area (Å²) in [6.07, 6.45) is 0.599. The molecule has 7 heteroatoms. The normalized spacial score (nSPS) is 16.2. The number of benzene rings is 2. The fraction of sp³-hybridized carbons (Fsp3) is 0.350. The molecule has 27 heavy (non-hydrogen) atoms. The van der Waals surface area contributed by atoms with Gasteiger partial charge in [-0.1, -0.05) is 30.3 Å². The molecule has 1 fully saturated rings. The molecule has 0 bridgehead atoms.